The van der Waals surface area contributed by atoms with Gasteiger partial charge in [0.1, 0.15) is 0 Å². The van der Waals surface area contributed by atoms with Gasteiger partial charge in [-0.25, -0.2) is 0 Å². The molecule has 0 saturated carbocycles. The van der Waals surface area contributed by atoms with Crippen molar-refractivity contribution in [1.82, 2.24) is 10.2 Å². The van der Waals surface area contributed by atoms with E-state index in [-0.39, 0.29) is 5.91 Å². The maximum absolute atomic E-state index is 11.4. The molecule has 0 aliphatic carbocycles. The van der Waals surface area contributed by atoms with Gasteiger partial charge in [0, 0.05) is 19.5 Å². The summed E-state index contributed by atoms with van der Waals surface area (Å²) in [6.07, 6.45) is 0.529. The number of thiocarbonyl (C=S) groups is 1. The highest BCUT2D eigenvalue weighted by Crippen LogP contribution is 1.99. The summed E-state index contributed by atoms with van der Waals surface area (Å²) in [5.74, 6) is 0.381. The molecule has 0 aromatic heterocycles. The second kappa shape index (κ2) is 6.76. The van der Waals surface area contributed by atoms with Gasteiger partial charge in [0.25, 0.3) is 0 Å². The molecule has 0 bridgehead atoms. The first kappa shape index (κ1) is 13.4. The van der Waals surface area contributed by atoms with Gasteiger partial charge in [-0.1, -0.05) is 13.8 Å². The number of nitrogens with one attached hydrogen (secondary N) is 1. The van der Waals surface area contributed by atoms with Crippen molar-refractivity contribution in [2.75, 3.05) is 13.1 Å². The lowest BCUT2D eigenvalue weighted by Gasteiger charge is -2.21. The Kier molecular flexibility index (Phi) is 6.45. The Hall–Kier alpha value is -0.640. The lowest BCUT2D eigenvalue weighted by Crippen LogP contribution is -2.42. The van der Waals surface area contributed by atoms with Crippen LogP contribution in [0.5, 0.6) is 0 Å². The zero-order valence-corrected chi connectivity index (χ0v) is 10.3. The molecule has 0 aliphatic heterocycles. The van der Waals surface area contributed by atoms with Crippen molar-refractivity contribution in [2.45, 2.75) is 34.1 Å². The fourth-order valence-electron chi connectivity index (χ4n) is 1.13. The first-order valence-electron chi connectivity index (χ1n) is 5.10. The smallest absolute Gasteiger partial charge is 0.226 e. The fourth-order valence-corrected chi connectivity index (χ4v) is 1.50. The molecule has 0 saturated heterocycles. The summed E-state index contributed by atoms with van der Waals surface area (Å²) < 4.78 is 0. The van der Waals surface area contributed by atoms with Crippen LogP contribution in [0.2, 0.25) is 0 Å². The van der Waals surface area contributed by atoms with E-state index in [0.717, 1.165) is 13.1 Å². The van der Waals surface area contributed by atoms with Crippen molar-refractivity contribution >= 4 is 23.2 Å². The maximum atomic E-state index is 11.4. The molecule has 0 aliphatic rings. The lowest BCUT2D eigenvalue weighted by molar-refractivity contribution is -0.120. The van der Waals surface area contributed by atoms with Crippen molar-refractivity contribution in [3.63, 3.8) is 0 Å². The molecule has 4 heteroatoms. The minimum absolute atomic E-state index is 0.0110. The molecule has 0 radical (unpaired) electrons. The van der Waals surface area contributed by atoms with Gasteiger partial charge in [-0.05, 0) is 32.0 Å². The van der Waals surface area contributed by atoms with Crippen LogP contribution in [0.1, 0.15) is 34.1 Å². The van der Waals surface area contributed by atoms with Crippen LogP contribution in [-0.4, -0.2) is 29.0 Å². The summed E-state index contributed by atoms with van der Waals surface area (Å²) in [5.41, 5.74) is 0. The Morgan fingerprint density at radius 3 is 2.21 bits per heavy atom. The van der Waals surface area contributed by atoms with Crippen LogP contribution in [0, 0.1) is 5.92 Å². The van der Waals surface area contributed by atoms with E-state index in [2.05, 4.69) is 5.32 Å². The molecule has 14 heavy (non-hydrogen) atoms. The van der Waals surface area contributed by atoms with E-state index >= 15 is 0 Å². The first-order valence-corrected chi connectivity index (χ1v) is 5.50. The van der Waals surface area contributed by atoms with Crippen LogP contribution in [0.25, 0.3) is 0 Å². The summed E-state index contributed by atoms with van der Waals surface area (Å²) in [6.45, 7) is 9.73. The third-order valence-corrected chi connectivity index (χ3v) is 2.25. The third-order valence-electron chi connectivity index (χ3n) is 1.89. The number of carbonyl (C=O) groups excluding carboxylic acids is 1. The van der Waals surface area contributed by atoms with Crippen molar-refractivity contribution in [3.8, 4) is 0 Å². The number of rotatable bonds is 4. The van der Waals surface area contributed by atoms with E-state index in [0.29, 0.717) is 17.5 Å². The molecule has 1 N–H and O–H groups in total. The van der Waals surface area contributed by atoms with E-state index in [1.807, 2.05) is 32.6 Å². The van der Waals surface area contributed by atoms with Crippen molar-refractivity contribution in [2.24, 2.45) is 5.92 Å². The van der Waals surface area contributed by atoms with Crippen LogP contribution in [0.4, 0.5) is 0 Å². The predicted octanol–water partition coefficient (Wildman–Crippen LogP) is 1.78. The van der Waals surface area contributed by atoms with Crippen LogP contribution < -0.4 is 5.32 Å². The normalized spacial score (nSPS) is 10.1. The van der Waals surface area contributed by atoms with Gasteiger partial charge in [-0.15, -0.1) is 0 Å². The Labute approximate surface area is 91.9 Å². The first-order chi connectivity index (χ1) is 6.51. The van der Waals surface area contributed by atoms with Crippen molar-refractivity contribution in [1.29, 1.82) is 0 Å². The molecule has 82 valence electrons. The second-order valence-corrected chi connectivity index (χ2v) is 4.01. The molecule has 0 atom stereocenters. The van der Waals surface area contributed by atoms with Crippen molar-refractivity contribution < 1.29 is 4.79 Å². The molecule has 1 amide bonds. The van der Waals surface area contributed by atoms with Crippen LogP contribution in [0.3, 0.4) is 0 Å². The molecule has 0 fully saturated rings. The summed E-state index contributed by atoms with van der Waals surface area (Å²) in [6, 6.07) is 0. The van der Waals surface area contributed by atoms with Crippen LogP contribution in [0.15, 0.2) is 0 Å². The van der Waals surface area contributed by atoms with E-state index in [1.165, 1.54) is 0 Å². The highest BCUT2D eigenvalue weighted by molar-refractivity contribution is 7.80. The number of hydrogen-bond donors (Lipinski definition) is 1. The molecule has 0 aromatic carbocycles. The van der Waals surface area contributed by atoms with Gasteiger partial charge in [-0.3, -0.25) is 4.79 Å². The molecule has 0 rings (SSSR count). The van der Waals surface area contributed by atoms with Crippen molar-refractivity contribution in [3.05, 3.63) is 0 Å². The highest BCUT2D eigenvalue weighted by atomic mass is 32.1. The monoisotopic (exact) mass is 216 g/mol. The number of amides is 1. The number of hydrogen-bond acceptors (Lipinski definition) is 2. The molecule has 3 nitrogen and oxygen atoms in total. The Morgan fingerprint density at radius 2 is 1.86 bits per heavy atom. The predicted molar refractivity (Wildman–Crippen MR) is 63.1 cm³/mol. The third kappa shape index (κ3) is 5.17. The van der Waals surface area contributed by atoms with Gasteiger partial charge in [0.2, 0.25) is 5.91 Å². The van der Waals surface area contributed by atoms with E-state index in [9.17, 15) is 4.79 Å². The van der Waals surface area contributed by atoms with Gasteiger partial charge in [0.05, 0.1) is 0 Å². The van der Waals surface area contributed by atoms with Crippen LogP contribution in [-0.2, 0) is 4.79 Å². The summed E-state index contributed by atoms with van der Waals surface area (Å²) in [7, 11) is 0. The van der Waals surface area contributed by atoms with Gasteiger partial charge < -0.3 is 10.2 Å². The number of carbonyl (C=O) groups is 1. The molecule has 0 heterocycles. The standard InChI is InChI=1S/C10H20N2OS/c1-5-12(6-2)10(14)11-9(13)7-8(3)4/h8H,5-7H2,1-4H3,(H,11,13,14). The quantitative estimate of drug-likeness (QED) is 0.727. The molecular formula is C10H20N2OS. The van der Waals surface area contributed by atoms with Gasteiger partial charge in [-0.2, -0.15) is 0 Å². The lowest BCUT2D eigenvalue weighted by atomic mass is 10.1. The molecular weight excluding hydrogens is 196 g/mol. The summed E-state index contributed by atoms with van der Waals surface area (Å²) in [4.78, 5) is 13.3. The topological polar surface area (TPSA) is 32.3 Å². The molecule has 0 unspecified atom stereocenters. The Balaban J connectivity index is 3.98. The fraction of sp³-hybridized carbons (Fsp3) is 0.800. The summed E-state index contributed by atoms with van der Waals surface area (Å²) in [5, 5.41) is 3.27. The van der Waals surface area contributed by atoms with Crippen LogP contribution >= 0.6 is 12.2 Å². The van der Waals surface area contributed by atoms with E-state index < -0.39 is 0 Å². The average molecular weight is 216 g/mol. The largest absolute Gasteiger partial charge is 0.350 e. The molecule has 0 spiro atoms. The van der Waals surface area contributed by atoms with E-state index in [1.54, 1.807) is 0 Å². The average Bonchev–Trinajstić information content (AvgIpc) is 2.04. The number of nitrogens with zero attached hydrogens (tertiary/aromatic N) is 1. The zero-order valence-electron chi connectivity index (χ0n) is 9.46. The highest BCUT2D eigenvalue weighted by Gasteiger charge is 2.10. The molecule has 0 aromatic rings. The van der Waals surface area contributed by atoms with Gasteiger partial charge >= 0.3 is 0 Å². The maximum Gasteiger partial charge on any atom is 0.226 e. The minimum Gasteiger partial charge on any atom is -0.350 e. The summed E-state index contributed by atoms with van der Waals surface area (Å²) >= 11 is 5.10. The van der Waals surface area contributed by atoms with E-state index in [4.69, 9.17) is 12.2 Å². The van der Waals surface area contributed by atoms with Gasteiger partial charge in [0.15, 0.2) is 5.11 Å². The Bertz CT molecular complexity index is 200. The Morgan fingerprint density at radius 1 is 1.36 bits per heavy atom. The minimum atomic E-state index is 0.0110. The second-order valence-electron chi connectivity index (χ2n) is 3.62. The zero-order chi connectivity index (χ0) is 11.1. The SMILES string of the molecule is CCN(CC)C(=S)NC(=O)CC(C)C.